The second kappa shape index (κ2) is 4.83. The Morgan fingerprint density at radius 1 is 1.00 bits per heavy atom. The Kier molecular flexibility index (Phi) is 3.03. The molecule has 0 saturated heterocycles. The number of para-hydroxylation sites is 1. The molecule has 0 amide bonds. The molecule has 2 atom stereocenters. The molecule has 0 spiro atoms. The molecule has 2 aromatic rings. The van der Waals surface area contributed by atoms with Crippen LogP contribution in [-0.2, 0) is 6.42 Å². The van der Waals surface area contributed by atoms with E-state index in [0.29, 0.717) is 12.5 Å². The lowest BCUT2D eigenvalue weighted by Crippen LogP contribution is -2.32. The van der Waals surface area contributed by atoms with Gasteiger partial charge in [-0.25, -0.2) is 0 Å². The first-order valence-electron chi connectivity index (χ1n) is 6.36. The highest BCUT2D eigenvalue weighted by molar-refractivity contribution is 5.38. The van der Waals surface area contributed by atoms with Gasteiger partial charge in [-0.1, -0.05) is 48.5 Å². The average Bonchev–Trinajstić information content (AvgIpc) is 2.43. The third kappa shape index (κ3) is 2.12. The topological polar surface area (TPSA) is 35.2 Å². The molecule has 1 heterocycles. The smallest absolute Gasteiger partial charge is 0.124 e. The van der Waals surface area contributed by atoms with Gasteiger partial charge in [0.15, 0.2) is 0 Å². The molecule has 2 aromatic carbocycles. The summed E-state index contributed by atoms with van der Waals surface area (Å²) in [7, 11) is 0. The zero-order valence-electron chi connectivity index (χ0n) is 10.3. The normalized spacial score (nSPS) is 22.1. The Morgan fingerprint density at radius 2 is 1.72 bits per heavy atom. The summed E-state index contributed by atoms with van der Waals surface area (Å²) in [6.45, 7) is 0.701. The molecule has 2 nitrogen and oxygen atoms in total. The predicted molar refractivity (Wildman–Crippen MR) is 72.5 cm³/mol. The zero-order chi connectivity index (χ0) is 12.4. The molecule has 1 aliphatic rings. The maximum Gasteiger partial charge on any atom is 0.124 e. The van der Waals surface area contributed by atoms with Crippen molar-refractivity contribution in [3.05, 3.63) is 65.7 Å². The van der Waals surface area contributed by atoms with Gasteiger partial charge in [0.25, 0.3) is 0 Å². The van der Waals surface area contributed by atoms with E-state index in [0.717, 1.165) is 17.7 Å². The minimum atomic E-state index is 0.0650. The van der Waals surface area contributed by atoms with Crippen LogP contribution in [0.25, 0.3) is 0 Å². The zero-order valence-corrected chi connectivity index (χ0v) is 10.3. The van der Waals surface area contributed by atoms with Crippen LogP contribution in [0.15, 0.2) is 54.6 Å². The average molecular weight is 239 g/mol. The van der Waals surface area contributed by atoms with E-state index in [-0.39, 0.29) is 6.04 Å². The van der Waals surface area contributed by atoms with E-state index in [2.05, 4.69) is 30.3 Å². The van der Waals surface area contributed by atoms with E-state index in [1.165, 1.54) is 5.56 Å². The second-order valence-electron chi connectivity index (χ2n) is 4.82. The molecule has 0 fully saturated rings. The van der Waals surface area contributed by atoms with E-state index in [9.17, 15) is 0 Å². The first-order valence-corrected chi connectivity index (χ1v) is 6.36. The van der Waals surface area contributed by atoms with E-state index < -0.39 is 0 Å². The lowest BCUT2D eigenvalue weighted by atomic mass is 9.87. The molecule has 0 bridgehead atoms. The maximum absolute atomic E-state index is 6.36. The second-order valence-corrected chi connectivity index (χ2v) is 4.82. The lowest BCUT2D eigenvalue weighted by Gasteiger charge is -2.31. The molecule has 2 heteroatoms. The van der Waals surface area contributed by atoms with Crippen molar-refractivity contribution in [1.29, 1.82) is 0 Å². The van der Waals surface area contributed by atoms with Crippen LogP contribution < -0.4 is 10.5 Å². The van der Waals surface area contributed by atoms with Gasteiger partial charge in [0.1, 0.15) is 5.75 Å². The highest BCUT2D eigenvalue weighted by Crippen LogP contribution is 2.34. The van der Waals surface area contributed by atoms with Gasteiger partial charge in [0.05, 0.1) is 6.61 Å². The summed E-state index contributed by atoms with van der Waals surface area (Å²) in [5, 5.41) is 0. The molecule has 18 heavy (non-hydrogen) atoms. The molecule has 3 rings (SSSR count). The van der Waals surface area contributed by atoms with Crippen LogP contribution in [0.1, 0.15) is 17.2 Å². The van der Waals surface area contributed by atoms with Gasteiger partial charge in [-0.3, -0.25) is 0 Å². The van der Waals surface area contributed by atoms with E-state index >= 15 is 0 Å². The number of nitrogens with two attached hydrogens (primary N) is 1. The molecular weight excluding hydrogens is 222 g/mol. The molecule has 0 aromatic heterocycles. The summed E-state index contributed by atoms with van der Waals surface area (Å²) in [6.07, 6.45) is 0.969. The molecule has 2 N–H and O–H groups in total. The highest BCUT2D eigenvalue weighted by Gasteiger charge is 2.27. The molecule has 0 saturated carbocycles. The van der Waals surface area contributed by atoms with Gasteiger partial charge < -0.3 is 10.5 Å². The van der Waals surface area contributed by atoms with Crippen molar-refractivity contribution in [2.24, 2.45) is 11.7 Å². The number of fused-ring (bicyclic) bond motifs is 1. The fraction of sp³-hybridized carbons (Fsp3) is 0.250. The summed E-state index contributed by atoms with van der Waals surface area (Å²) in [5.74, 6) is 1.29. The number of hydrogen-bond acceptors (Lipinski definition) is 2. The van der Waals surface area contributed by atoms with E-state index in [1.807, 2.05) is 24.3 Å². The van der Waals surface area contributed by atoms with Gasteiger partial charge in [-0.05, 0) is 18.1 Å². The van der Waals surface area contributed by atoms with Crippen LogP contribution in [0.2, 0.25) is 0 Å². The number of ether oxygens (including phenoxy) is 1. The van der Waals surface area contributed by atoms with Gasteiger partial charge in [0.2, 0.25) is 0 Å². The molecule has 0 unspecified atom stereocenters. The fourth-order valence-corrected chi connectivity index (χ4v) is 2.54. The van der Waals surface area contributed by atoms with Crippen molar-refractivity contribution in [2.45, 2.75) is 12.5 Å². The summed E-state index contributed by atoms with van der Waals surface area (Å²) in [5.41, 5.74) is 8.81. The van der Waals surface area contributed by atoms with Crippen LogP contribution >= 0.6 is 0 Å². The van der Waals surface area contributed by atoms with Crippen molar-refractivity contribution >= 4 is 0 Å². The Morgan fingerprint density at radius 3 is 2.56 bits per heavy atom. The summed E-state index contributed by atoms with van der Waals surface area (Å²) in [6, 6.07) is 18.6. The highest BCUT2D eigenvalue weighted by atomic mass is 16.5. The van der Waals surface area contributed by atoms with Crippen LogP contribution in [0.3, 0.4) is 0 Å². The van der Waals surface area contributed by atoms with Gasteiger partial charge >= 0.3 is 0 Å². The standard InChI is InChI=1S/C16H17NO/c17-16-13(10-12-6-2-1-3-7-12)11-18-15-9-5-4-8-14(15)16/h1-9,13,16H,10-11,17H2/t13-,16+/m0/s1. The van der Waals surface area contributed by atoms with E-state index in [1.54, 1.807) is 0 Å². The third-order valence-electron chi connectivity index (χ3n) is 3.58. The number of rotatable bonds is 2. The van der Waals surface area contributed by atoms with Crippen LogP contribution in [-0.4, -0.2) is 6.61 Å². The molecular formula is C16H17NO. The largest absolute Gasteiger partial charge is 0.493 e. The van der Waals surface area contributed by atoms with Crippen molar-refractivity contribution in [3.8, 4) is 5.75 Å². The third-order valence-corrected chi connectivity index (χ3v) is 3.58. The van der Waals surface area contributed by atoms with Crippen molar-refractivity contribution in [2.75, 3.05) is 6.61 Å². The fourth-order valence-electron chi connectivity index (χ4n) is 2.54. The monoisotopic (exact) mass is 239 g/mol. The van der Waals surface area contributed by atoms with Gasteiger partial charge in [-0.15, -0.1) is 0 Å². The van der Waals surface area contributed by atoms with Crippen molar-refractivity contribution in [1.82, 2.24) is 0 Å². The van der Waals surface area contributed by atoms with Crippen LogP contribution in [0.5, 0.6) is 5.75 Å². The molecule has 0 aliphatic carbocycles. The Hall–Kier alpha value is -1.80. The summed E-state index contributed by atoms with van der Waals surface area (Å²) < 4.78 is 5.80. The minimum Gasteiger partial charge on any atom is -0.493 e. The summed E-state index contributed by atoms with van der Waals surface area (Å²) >= 11 is 0. The SMILES string of the molecule is N[C@H]1c2ccccc2OC[C@@H]1Cc1ccccc1. The van der Waals surface area contributed by atoms with Crippen molar-refractivity contribution in [3.63, 3.8) is 0 Å². The Balaban J connectivity index is 1.81. The quantitative estimate of drug-likeness (QED) is 0.874. The first kappa shape index (κ1) is 11.3. The Bertz CT molecular complexity index is 524. The molecule has 92 valence electrons. The lowest BCUT2D eigenvalue weighted by molar-refractivity contribution is 0.194. The van der Waals surface area contributed by atoms with E-state index in [4.69, 9.17) is 10.5 Å². The van der Waals surface area contributed by atoms with Crippen molar-refractivity contribution < 1.29 is 4.74 Å². The molecule has 1 aliphatic heterocycles. The van der Waals surface area contributed by atoms with Crippen LogP contribution in [0.4, 0.5) is 0 Å². The molecule has 0 radical (unpaired) electrons. The van der Waals surface area contributed by atoms with Gasteiger partial charge in [-0.2, -0.15) is 0 Å². The summed E-state index contributed by atoms with van der Waals surface area (Å²) in [4.78, 5) is 0. The predicted octanol–water partition coefficient (Wildman–Crippen LogP) is 2.94. The number of hydrogen-bond donors (Lipinski definition) is 1. The van der Waals surface area contributed by atoms with Crippen LogP contribution in [0, 0.1) is 5.92 Å². The Labute approximate surface area is 107 Å². The maximum atomic E-state index is 6.36. The number of benzene rings is 2. The minimum absolute atomic E-state index is 0.0650. The van der Waals surface area contributed by atoms with Gasteiger partial charge in [0, 0.05) is 17.5 Å². The first-order chi connectivity index (χ1) is 8.84.